The number of nitrogens with zero attached hydrogens (tertiary/aromatic N) is 5. The number of rotatable bonds is 4. The predicted molar refractivity (Wildman–Crippen MR) is 115 cm³/mol. The van der Waals surface area contributed by atoms with Crippen molar-refractivity contribution in [3.05, 3.63) is 42.5 Å². The third-order valence-corrected chi connectivity index (χ3v) is 6.74. The fraction of sp³-hybridized carbons (Fsp3) is 0.522. The number of piperidine rings is 1. The number of hydrogen-bond donors (Lipinski definition) is 1. The Hall–Kier alpha value is -2.87. The average Bonchev–Trinajstić information content (AvgIpc) is 3.46. The van der Waals surface area contributed by atoms with Crippen LogP contribution in [0.4, 0.5) is 0 Å². The summed E-state index contributed by atoms with van der Waals surface area (Å²) in [6.45, 7) is 3.37. The van der Waals surface area contributed by atoms with Crippen LogP contribution in [0.15, 0.2) is 36.9 Å². The average molecular weight is 421 g/mol. The Bertz CT molecular complexity index is 940. The van der Waals surface area contributed by atoms with Crippen LogP contribution in [0.3, 0.4) is 0 Å². The Morgan fingerprint density at radius 1 is 1.03 bits per heavy atom. The number of likely N-dealkylation sites (tertiary alicyclic amines) is 2. The van der Waals surface area contributed by atoms with E-state index >= 15 is 0 Å². The van der Waals surface area contributed by atoms with Crippen LogP contribution in [0.1, 0.15) is 29.6 Å². The normalized spacial score (nSPS) is 28.0. The van der Waals surface area contributed by atoms with Crippen molar-refractivity contribution in [2.24, 2.45) is 17.8 Å². The number of pyridine rings is 1. The number of amides is 2. The second-order valence-corrected chi connectivity index (χ2v) is 9.20. The van der Waals surface area contributed by atoms with Gasteiger partial charge in [-0.05, 0) is 50.3 Å². The maximum Gasteiger partial charge on any atom is 0.254 e. The van der Waals surface area contributed by atoms with Crippen molar-refractivity contribution in [3.63, 3.8) is 0 Å². The van der Waals surface area contributed by atoms with Crippen molar-refractivity contribution < 1.29 is 9.59 Å². The summed E-state index contributed by atoms with van der Waals surface area (Å²) < 4.78 is 0. The molecule has 5 rings (SSSR count). The molecule has 162 valence electrons. The largest absolute Gasteiger partial charge is 0.348 e. The molecule has 4 atom stereocenters. The molecule has 1 aliphatic carbocycles. The molecule has 3 aliphatic rings. The lowest BCUT2D eigenvalue weighted by atomic mass is 10.00. The van der Waals surface area contributed by atoms with E-state index in [2.05, 4.69) is 30.1 Å². The highest BCUT2D eigenvalue weighted by Crippen LogP contribution is 2.45. The molecule has 1 saturated carbocycles. The zero-order valence-corrected chi connectivity index (χ0v) is 17.8. The minimum absolute atomic E-state index is 0.000260. The summed E-state index contributed by atoms with van der Waals surface area (Å²) in [7, 11) is 2.03. The van der Waals surface area contributed by atoms with Crippen LogP contribution in [0.25, 0.3) is 11.4 Å². The number of likely N-dealkylation sites (N-methyl/N-ethyl adjacent to an activating group) is 1. The summed E-state index contributed by atoms with van der Waals surface area (Å²) in [5.74, 6) is 2.19. The molecule has 2 aliphatic heterocycles. The fourth-order valence-electron chi connectivity index (χ4n) is 4.93. The standard InChI is InChI=1S/C23H28N6O2/c1-28-11-16(23(31)29-12-17-7-18(17)13-29)4-5-20(14-28)27-22(30)19-9-25-21(26-10-19)15-3-2-6-24-8-15/h2-3,6,8-10,16-18,20H,4-5,7,11-14H2,1H3,(H,27,30)/t16-,17-,18+,20+/m1/s1. The van der Waals surface area contributed by atoms with E-state index in [9.17, 15) is 9.59 Å². The van der Waals surface area contributed by atoms with Gasteiger partial charge in [-0.25, -0.2) is 9.97 Å². The van der Waals surface area contributed by atoms with Gasteiger partial charge in [-0.3, -0.25) is 14.6 Å². The molecule has 0 aromatic carbocycles. The van der Waals surface area contributed by atoms with Crippen molar-refractivity contribution in [1.29, 1.82) is 0 Å². The Kier molecular flexibility index (Phi) is 5.40. The minimum atomic E-state index is -0.180. The number of carbonyl (C=O) groups is 2. The topological polar surface area (TPSA) is 91.3 Å². The molecule has 31 heavy (non-hydrogen) atoms. The highest BCUT2D eigenvalue weighted by atomic mass is 16.2. The van der Waals surface area contributed by atoms with Crippen LogP contribution in [0.5, 0.6) is 0 Å². The molecule has 2 aromatic rings. The third kappa shape index (κ3) is 4.44. The lowest BCUT2D eigenvalue weighted by molar-refractivity contribution is -0.135. The van der Waals surface area contributed by atoms with Gasteiger partial charge in [0, 0.05) is 62.6 Å². The van der Waals surface area contributed by atoms with E-state index < -0.39 is 0 Å². The van der Waals surface area contributed by atoms with Crippen molar-refractivity contribution >= 4 is 11.8 Å². The molecule has 8 nitrogen and oxygen atoms in total. The van der Waals surface area contributed by atoms with Crippen molar-refractivity contribution in [2.75, 3.05) is 33.2 Å². The molecular formula is C23H28N6O2. The van der Waals surface area contributed by atoms with E-state index in [4.69, 9.17) is 0 Å². The van der Waals surface area contributed by atoms with Crippen LogP contribution in [0.2, 0.25) is 0 Å². The molecule has 2 saturated heterocycles. The molecule has 2 aromatic heterocycles. The first-order chi connectivity index (χ1) is 15.1. The van der Waals surface area contributed by atoms with E-state index in [-0.39, 0.29) is 17.9 Å². The lowest BCUT2D eigenvalue weighted by Crippen LogP contribution is -2.42. The van der Waals surface area contributed by atoms with E-state index in [0.29, 0.717) is 17.3 Å². The zero-order valence-electron chi connectivity index (χ0n) is 17.8. The maximum atomic E-state index is 13.0. The van der Waals surface area contributed by atoms with Crippen molar-refractivity contribution in [3.8, 4) is 11.4 Å². The second-order valence-electron chi connectivity index (χ2n) is 9.20. The monoisotopic (exact) mass is 420 g/mol. The number of aromatic nitrogens is 3. The summed E-state index contributed by atoms with van der Waals surface area (Å²) in [5, 5.41) is 3.11. The zero-order chi connectivity index (χ0) is 21.4. The predicted octanol–water partition coefficient (Wildman–Crippen LogP) is 1.46. The molecule has 0 unspecified atom stereocenters. The van der Waals surface area contributed by atoms with Gasteiger partial charge in [-0.1, -0.05) is 0 Å². The molecule has 3 fully saturated rings. The molecule has 8 heteroatoms. The molecule has 2 amide bonds. The minimum Gasteiger partial charge on any atom is -0.348 e. The quantitative estimate of drug-likeness (QED) is 0.805. The number of nitrogens with one attached hydrogen (secondary N) is 1. The summed E-state index contributed by atoms with van der Waals surface area (Å²) in [6.07, 6.45) is 9.39. The summed E-state index contributed by atoms with van der Waals surface area (Å²) in [5.41, 5.74) is 1.24. The van der Waals surface area contributed by atoms with Gasteiger partial charge in [0.25, 0.3) is 5.91 Å². The van der Waals surface area contributed by atoms with E-state index in [0.717, 1.165) is 56.4 Å². The van der Waals surface area contributed by atoms with Gasteiger partial charge in [0.2, 0.25) is 5.91 Å². The Balaban J connectivity index is 1.18. The summed E-state index contributed by atoms with van der Waals surface area (Å²) in [4.78, 5) is 42.6. The lowest BCUT2D eigenvalue weighted by Gasteiger charge is -2.25. The molecular weight excluding hydrogens is 392 g/mol. The van der Waals surface area contributed by atoms with Gasteiger partial charge >= 0.3 is 0 Å². The Morgan fingerprint density at radius 2 is 1.81 bits per heavy atom. The number of fused-ring (bicyclic) bond motifs is 1. The third-order valence-electron chi connectivity index (χ3n) is 6.74. The molecule has 0 spiro atoms. The van der Waals surface area contributed by atoms with Crippen LogP contribution in [-0.2, 0) is 4.79 Å². The van der Waals surface area contributed by atoms with E-state index in [1.165, 1.54) is 6.42 Å². The van der Waals surface area contributed by atoms with E-state index in [1.54, 1.807) is 24.8 Å². The second kappa shape index (κ2) is 8.34. The van der Waals surface area contributed by atoms with Gasteiger partial charge in [0.05, 0.1) is 11.5 Å². The van der Waals surface area contributed by atoms with Gasteiger partial charge in [0.1, 0.15) is 0 Å². The maximum absolute atomic E-state index is 13.0. The van der Waals surface area contributed by atoms with Gasteiger partial charge in [0.15, 0.2) is 5.82 Å². The van der Waals surface area contributed by atoms with Crippen molar-refractivity contribution in [2.45, 2.75) is 25.3 Å². The summed E-state index contributed by atoms with van der Waals surface area (Å²) in [6, 6.07) is 3.71. The molecule has 0 radical (unpaired) electrons. The molecule has 1 N–H and O–H groups in total. The highest BCUT2D eigenvalue weighted by molar-refractivity contribution is 5.94. The fourth-order valence-corrected chi connectivity index (χ4v) is 4.93. The van der Waals surface area contributed by atoms with Crippen LogP contribution < -0.4 is 5.32 Å². The van der Waals surface area contributed by atoms with Crippen LogP contribution >= 0.6 is 0 Å². The first-order valence-corrected chi connectivity index (χ1v) is 11.1. The Morgan fingerprint density at radius 3 is 2.52 bits per heavy atom. The highest BCUT2D eigenvalue weighted by Gasteiger charge is 2.47. The summed E-state index contributed by atoms with van der Waals surface area (Å²) >= 11 is 0. The van der Waals surface area contributed by atoms with Crippen LogP contribution in [0, 0.1) is 17.8 Å². The van der Waals surface area contributed by atoms with Crippen molar-refractivity contribution in [1.82, 2.24) is 30.1 Å². The van der Waals surface area contributed by atoms with Gasteiger partial charge < -0.3 is 15.1 Å². The SMILES string of the molecule is CN1C[C@@H](NC(=O)c2cnc(-c3cccnc3)nc2)CC[C@@H](C(=O)N2C[C@H]3C[C@H]3C2)C1. The first kappa shape index (κ1) is 20.1. The molecule has 4 heterocycles. The smallest absolute Gasteiger partial charge is 0.254 e. The molecule has 0 bridgehead atoms. The number of carbonyl (C=O) groups excluding carboxylic acids is 2. The van der Waals surface area contributed by atoms with Gasteiger partial charge in [-0.2, -0.15) is 0 Å². The first-order valence-electron chi connectivity index (χ1n) is 11.1. The van der Waals surface area contributed by atoms with Gasteiger partial charge in [-0.15, -0.1) is 0 Å². The Labute approximate surface area is 182 Å². The van der Waals surface area contributed by atoms with E-state index in [1.807, 2.05) is 19.2 Å². The number of hydrogen-bond acceptors (Lipinski definition) is 6. The van der Waals surface area contributed by atoms with Crippen LogP contribution in [-0.4, -0.2) is 75.8 Å².